The average molecular weight is 291 g/mol. The van der Waals surface area contributed by atoms with Gasteiger partial charge in [0, 0.05) is 22.5 Å². The molecule has 2 aromatic carbocycles. The third kappa shape index (κ3) is 4.48. The quantitative estimate of drug-likeness (QED) is 0.830. The number of hydrogen-bond acceptors (Lipinski definition) is 3. The highest BCUT2D eigenvalue weighted by Crippen LogP contribution is 2.16. The predicted octanol–water partition coefficient (Wildman–Crippen LogP) is 3.33. The molecule has 0 atom stereocenters. The van der Waals surface area contributed by atoms with Gasteiger partial charge in [0.25, 0.3) is 0 Å². The largest absolute Gasteiger partial charge is 0.493 e. The maximum atomic E-state index is 11.7. The molecule has 0 saturated carbocycles. The first kappa shape index (κ1) is 14.2. The number of benzene rings is 2. The van der Waals surface area contributed by atoms with Crippen LogP contribution < -0.4 is 15.8 Å². The van der Waals surface area contributed by atoms with Crippen LogP contribution in [0.4, 0.5) is 11.4 Å². The van der Waals surface area contributed by atoms with E-state index in [0.29, 0.717) is 22.1 Å². The summed E-state index contributed by atoms with van der Waals surface area (Å²) in [4.78, 5) is 11.7. The number of halogens is 1. The summed E-state index contributed by atoms with van der Waals surface area (Å²) < 4.78 is 5.45. The van der Waals surface area contributed by atoms with Gasteiger partial charge in [-0.2, -0.15) is 0 Å². The van der Waals surface area contributed by atoms with Crippen LogP contribution in [0, 0.1) is 0 Å². The predicted molar refractivity (Wildman–Crippen MR) is 81.0 cm³/mol. The number of nitrogens with two attached hydrogens (primary N) is 1. The second kappa shape index (κ2) is 6.82. The molecule has 0 unspecified atom stereocenters. The summed E-state index contributed by atoms with van der Waals surface area (Å²) in [7, 11) is 0. The van der Waals surface area contributed by atoms with Crippen molar-refractivity contribution in [2.75, 3.05) is 17.7 Å². The Morgan fingerprint density at radius 3 is 2.75 bits per heavy atom. The molecule has 0 aliphatic carbocycles. The van der Waals surface area contributed by atoms with Crippen LogP contribution in [-0.2, 0) is 4.79 Å². The Hall–Kier alpha value is -2.20. The summed E-state index contributed by atoms with van der Waals surface area (Å²) in [5.74, 6) is 0.525. The van der Waals surface area contributed by atoms with Gasteiger partial charge in [0.05, 0.1) is 13.0 Å². The van der Waals surface area contributed by atoms with Crippen molar-refractivity contribution in [3.05, 3.63) is 53.6 Å². The molecular weight excluding hydrogens is 276 g/mol. The summed E-state index contributed by atoms with van der Waals surface area (Å²) in [6.45, 7) is 0.288. The van der Waals surface area contributed by atoms with Gasteiger partial charge >= 0.3 is 0 Å². The van der Waals surface area contributed by atoms with E-state index in [-0.39, 0.29) is 18.9 Å². The van der Waals surface area contributed by atoms with E-state index in [4.69, 9.17) is 22.1 Å². The van der Waals surface area contributed by atoms with Gasteiger partial charge in [-0.15, -0.1) is 0 Å². The molecule has 0 saturated heterocycles. The average Bonchev–Trinajstić information content (AvgIpc) is 2.38. The van der Waals surface area contributed by atoms with Gasteiger partial charge in [-0.3, -0.25) is 4.79 Å². The maximum absolute atomic E-state index is 11.7. The van der Waals surface area contributed by atoms with E-state index >= 15 is 0 Å². The number of rotatable bonds is 5. The summed E-state index contributed by atoms with van der Waals surface area (Å²) in [6, 6.07) is 14.1. The lowest BCUT2D eigenvalue weighted by molar-refractivity contribution is -0.116. The van der Waals surface area contributed by atoms with E-state index in [2.05, 4.69) is 5.32 Å². The van der Waals surface area contributed by atoms with Crippen LogP contribution in [0.5, 0.6) is 5.75 Å². The van der Waals surface area contributed by atoms with Crippen molar-refractivity contribution in [3.8, 4) is 5.75 Å². The normalized spacial score (nSPS) is 10.1. The molecule has 4 nitrogen and oxygen atoms in total. The van der Waals surface area contributed by atoms with E-state index in [1.54, 1.807) is 48.5 Å². The number of carbonyl (C=O) groups excluding carboxylic acids is 1. The topological polar surface area (TPSA) is 64.3 Å². The summed E-state index contributed by atoms with van der Waals surface area (Å²) >= 11 is 5.84. The van der Waals surface area contributed by atoms with Crippen LogP contribution in [-0.4, -0.2) is 12.5 Å². The number of hydrogen-bond donors (Lipinski definition) is 2. The number of anilines is 2. The summed E-state index contributed by atoms with van der Waals surface area (Å²) in [5, 5.41) is 3.33. The molecule has 0 radical (unpaired) electrons. The van der Waals surface area contributed by atoms with Crippen molar-refractivity contribution in [1.82, 2.24) is 0 Å². The number of nitrogens with one attached hydrogen (secondary N) is 1. The fraction of sp³-hybridized carbons (Fsp3) is 0.133. The first-order valence-electron chi connectivity index (χ1n) is 6.17. The van der Waals surface area contributed by atoms with Crippen LogP contribution in [0.1, 0.15) is 6.42 Å². The highest BCUT2D eigenvalue weighted by Gasteiger charge is 2.03. The van der Waals surface area contributed by atoms with Crippen molar-refractivity contribution in [2.24, 2.45) is 0 Å². The molecule has 1 amide bonds. The minimum Gasteiger partial charge on any atom is -0.493 e. The molecule has 104 valence electrons. The van der Waals surface area contributed by atoms with Crippen LogP contribution in [0.15, 0.2) is 48.5 Å². The van der Waals surface area contributed by atoms with Gasteiger partial charge in [-0.05, 0) is 30.3 Å². The Morgan fingerprint density at radius 2 is 2.00 bits per heavy atom. The van der Waals surface area contributed by atoms with Crippen LogP contribution >= 0.6 is 11.6 Å². The fourth-order valence-corrected chi connectivity index (χ4v) is 1.85. The van der Waals surface area contributed by atoms with E-state index < -0.39 is 0 Å². The zero-order valence-electron chi connectivity index (χ0n) is 10.8. The number of nitrogen functional groups attached to an aromatic ring is 1. The minimum atomic E-state index is -0.129. The zero-order valence-corrected chi connectivity index (χ0v) is 11.6. The maximum Gasteiger partial charge on any atom is 0.227 e. The monoisotopic (exact) mass is 290 g/mol. The second-order valence-corrected chi connectivity index (χ2v) is 4.67. The Balaban J connectivity index is 1.78. The third-order valence-corrected chi connectivity index (χ3v) is 2.80. The molecule has 2 rings (SSSR count). The number of ether oxygens (including phenoxy) is 1. The lowest BCUT2D eigenvalue weighted by atomic mass is 10.3. The van der Waals surface area contributed by atoms with Crippen molar-refractivity contribution >= 4 is 28.9 Å². The summed E-state index contributed by atoms with van der Waals surface area (Å²) in [6.07, 6.45) is 0.251. The Bertz CT molecular complexity index is 602. The molecular formula is C15H15ClN2O2. The zero-order chi connectivity index (χ0) is 14.4. The first-order chi connectivity index (χ1) is 9.63. The lowest BCUT2D eigenvalue weighted by Crippen LogP contribution is -2.15. The molecule has 5 heteroatoms. The van der Waals surface area contributed by atoms with Gasteiger partial charge in [-0.25, -0.2) is 0 Å². The molecule has 0 aromatic heterocycles. The third-order valence-electron chi connectivity index (χ3n) is 2.56. The van der Waals surface area contributed by atoms with Gasteiger partial charge in [0.1, 0.15) is 5.75 Å². The molecule has 3 N–H and O–H groups in total. The highest BCUT2D eigenvalue weighted by atomic mass is 35.5. The van der Waals surface area contributed by atoms with E-state index in [1.165, 1.54) is 0 Å². The van der Waals surface area contributed by atoms with Crippen molar-refractivity contribution in [1.29, 1.82) is 0 Å². The van der Waals surface area contributed by atoms with Crippen LogP contribution in [0.25, 0.3) is 0 Å². The second-order valence-electron chi connectivity index (χ2n) is 4.23. The van der Waals surface area contributed by atoms with E-state index in [9.17, 15) is 4.79 Å². The highest BCUT2D eigenvalue weighted by molar-refractivity contribution is 6.30. The Labute approximate surface area is 122 Å². The fourth-order valence-electron chi connectivity index (χ4n) is 1.66. The molecule has 2 aromatic rings. The standard InChI is InChI=1S/C15H15ClN2O2/c16-11-3-1-5-13(9-11)18-15(19)7-8-20-14-6-2-4-12(17)10-14/h1-6,9-10H,7-8,17H2,(H,18,19). The van der Waals surface area contributed by atoms with E-state index in [0.717, 1.165) is 0 Å². The van der Waals surface area contributed by atoms with Gasteiger partial charge in [-0.1, -0.05) is 23.7 Å². The first-order valence-corrected chi connectivity index (χ1v) is 6.55. The smallest absolute Gasteiger partial charge is 0.227 e. The van der Waals surface area contributed by atoms with Gasteiger partial charge in [0.2, 0.25) is 5.91 Å². The van der Waals surface area contributed by atoms with Crippen LogP contribution in [0.2, 0.25) is 5.02 Å². The molecule has 0 spiro atoms. The van der Waals surface area contributed by atoms with E-state index in [1.807, 2.05) is 0 Å². The molecule has 0 heterocycles. The Kier molecular flexibility index (Phi) is 4.85. The van der Waals surface area contributed by atoms with Gasteiger partial charge in [0.15, 0.2) is 0 Å². The molecule has 0 fully saturated rings. The molecule has 0 aliphatic heterocycles. The molecule has 20 heavy (non-hydrogen) atoms. The van der Waals surface area contributed by atoms with Crippen molar-refractivity contribution in [3.63, 3.8) is 0 Å². The number of carbonyl (C=O) groups is 1. The molecule has 0 aliphatic rings. The molecule has 0 bridgehead atoms. The Morgan fingerprint density at radius 1 is 1.20 bits per heavy atom. The SMILES string of the molecule is Nc1cccc(OCCC(=O)Nc2cccc(Cl)c2)c1. The number of amides is 1. The minimum absolute atomic E-state index is 0.129. The summed E-state index contributed by atoms with van der Waals surface area (Å²) in [5.41, 5.74) is 6.94. The van der Waals surface area contributed by atoms with Gasteiger partial charge < -0.3 is 15.8 Å². The van der Waals surface area contributed by atoms with Crippen molar-refractivity contribution < 1.29 is 9.53 Å². The lowest BCUT2D eigenvalue weighted by Gasteiger charge is -2.08. The van der Waals surface area contributed by atoms with Crippen molar-refractivity contribution in [2.45, 2.75) is 6.42 Å². The van der Waals surface area contributed by atoms with Crippen LogP contribution in [0.3, 0.4) is 0 Å².